The first-order chi connectivity index (χ1) is 8.69. The monoisotopic (exact) mass is 244 g/mol. The van der Waals surface area contributed by atoms with Crippen molar-refractivity contribution >= 4 is 0 Å². The first kappa shape index (κ1) is 12.4. The van der Waals surface area contributed by atoms with Gasteiger partial charge in [-0.1, -0.05) is 0 Å². The topological polar surface area (TPSA) is 59.9 Å². The van der Waals surface area contributed by atoms with Gasteiger partial charge in [-0.15, -0.1) is 0 Å². The number of nitrogens with zero attached hydrogens (tertiary/aromatic N) is 3. The van der Waals surface area contributed by atoms with E-state index in [0.29, 0.717) is 11.8 Å². The molecule has 18 heavy (non-hydrogen) atoms. The molecule has 2 aromatic heterocycles. The van der Waals surface area contributed by atoms with E-state index in [0.717, 1.165) is 23.5 Å². The molecule has 0 saturated heterocycles. The van der Waals surface area contributed by atoms with Gasteiger partial charge < -0.3 is 10.1 Å². The Kier molecular flexibility index (Phi) is 3.84. The van der Waals surface area contributed by atoms with Crippen LogP contribution in [0.2, 0.25) is 0 Å². The number of nitrogens with one attached hydrogen (secondary N) is 1. The van der Waals surface area contributed by atoms with E-state index in [9.17, 15) is 0 Å². The van der Waals surface area contributed by atoms with Gasteiger partial charge in [-0.05, 0) is 33.0 Å². The Hall–Kier alpha value is -2.01. The third kappa shape index (κ3) is 3.01. The SMILES string of the molecule is CNCc1cnc(Oc2ccc(C)nc2)nc1C. The van der Waals surface area contributed by atoms with E-state index in [4.69, 9.17) is 4.74 Å². The quantitative estimate of drug-likeness (QED) is 0.891. The highest BCUT2D eigenvalue weighted by Crippen LogP contribution is 2.17. The Balaban J connectivity index is 2.14. The number of aryl methyl sites for hydroxylation is 2. The summed E-state index contributed by atoms with van der Waals surface area (Å²) in [6.07, 6.45) is 3.44. The van der Waals surface area contributed by atoms with Crippen molar-refractivity contribution in [2.45, 2.75) is 20.4 Å². The van der Waals surface area contributed by atoms with Gasteiger partial charge in [0.25, 0.3) is 0 Å². The van der Waals surface area contributed by atoms with Crippen molar-refractivity contribution in [1.82, 2.24) is 20.3 Å². The summed E-state index contributed by atoms with van der Waals surface area (Å²) in [5.74, 6) is 0.640. The van der Waals surface area contributed by atoms with Crippen molar-refractivity contribution in [3.05, 3.63) is 41.5 Å². The zero-order valence-corrected chi connectivity index (χ0v) is 10.8. The van der Waals surface area contributed by atoms with Gasteiger partial charge in [-0.3, -0.25) is 4.98 Å². The average Bonchev–Trinajstić information content (AvgIpc) is 2.36. The van der Waals surface area contributed by atoms with Gasteiger partial charge in [-0.2, -0.15) is 4.98 Å². The van der Waals surface area contributed by atoms with Crippen molar-refractivity contribution in [3.8, 4) is 11.8 Å². The summed E-state index contributed by atoms with van der Waals surface area (Å²) in [4.78, 5) is 12.6. The van der Waals surface area contributed by atoms with Crippen LogP contribution in [0, 0.1) is 13.8 Å². The van der Waals surface area contributed by atoms with Gasteiger partial charge >= 0.3 is 6.01 Å². The number of hydrogen-bond acceptors (Lipinski definition) is 5. The van der Waals surface area contributed by atoms with Crippen molar-refractivity contribution in [2.75, 3.05) is 7.05 Å². The maximum Gasteiger partial charge on any atom is 0.322 e. The standard InChI is InChI=1S/C13H16N4O/c1-9-4-5-12(8-15-9)18-13-16-7-11(6-14-3)10(2)17-13/h4-5,7-8,14H,6H2,1-3H3. The minimum Gasteiger partial charge on any atom is -0.423 e. The maximum atomic E-state index is 5.54. The molecule has 0 unspecified atom stereocenters. The zero-order valence-electron chi connectivity index (χ0n) is 10.8. The van der Waals surface area contributed by atoms with Crippen molar-refractivity contribution in [2.24, 2.45) is 0 Å². The molecule has 0 fully saturated rings. The molecule has 0 bridgehead atoms. The fourth-order valence-electron chi connectivity index (χ4n) is 1.50. The highest BCUT2D eigenvalue weighted by Gasteiger charge is 2.05. The Morgan fingerprint density at radius 3 is 2.61 bits per heavy atom. The molecule has 5 nitrogen and oxygen atoms in total. The van der Waals surface area contributed by atoms with Crippen LogP contribution in [-0.4, -0.2) is 22.0 Å². The lowest BCUT2D eigenvalue weighted by molar-refractivity contribution is 0.437. The van der Waals surface area contributed by atoms with Gasteiger partial charge in [0.05, 0.1) is 6.20 Å². The number of rotatable bonds is 4. The first-order valence-corrected chi connectivity index (χ1v) is 5.76. The number of ether oxygens (including phenoxy) is 1. The molecule has 2 aromatic rings. The molecule has 2 rings (SSSR count). The molecule has 0 aromatic carbocycles. The van der Waals surface area contributed by atoms with Crippen LogP contribution in [0.4, 0.5) is 0 Å². The number of hydrogen-bond donors (Lipinski definition) is 1. The van der Waals surface area contributed by atoms with Gasteiger partial charge in [0, 0.05) is 29.7 Å². The molecule has 0 amide bonds. The second-order valence-corrected chi connectivity index (χ2v) is 4.03. The summed E-state index contributed by atoms with van der Waals surface area (Å²) in [5, 5.41) is 3.07. The van der Waals surface area contributed by atoms with E-state index in [1.165, 1.54) is 0 Å². The molecule has 0 spiro atoms. The summed E-state index contributed by atoms with van der Waals surface area (Å²) >= 11 is 0. The molecule has 0 aliphatic carbocycles. The molecular weight excluding hydrogens is 228 g/mol. The van der Waals surface area contributed by atoms with Crippen LogP contribution < -0.4 is 10.1 Å². The van der Waals surface area contributed by atoms with Crippen LogP contribution in [0.3, 0.4) is 0 Å². The molecule has 0 aliphatic rings. The summed E-state index contributed by atoms with van der Waals surface area (Å²) in [6.45, 7) is 4.61. The smallest absolute Gasteiger partial charge is 0.322 e. The lowest BCUT2D eigenvalue weighted by atomic mass is 10.2. The van der Waals surface area contributed by atoms with Gasteiger partial charge in [0.1, 0.15) is 5.75 Å². The molecule has 0 saturated carbocycles. The van der Waals surface area contributed by atoms with Crippen LogP contribution >= 0.6 is 0 Å². The Bertz CT molecular complexity index is 525. The predicted molar refractivity (Wildman–Crippen MR) is 68.6 cm³/mol. The lowest BCUT2D eigenvalue weighted by Crippen LogP contribution is -2.08. The maximum absolute atomic E-state index is 5.54. The normalized spacial score (nSPS) is 10.4. The Morgan fingerprint density at radius 1 is 1.17 bits per heavy atom. The molecule has 5 heteroatoms. The van der Waals surface area contributed by atoms with Crippen LogP contribution in [0.15, 0.2) is 24.5 Å². The largest absolute Gasteiger partial charge is 0.423 e. The van der Waals surface area contributed by atoms with Gasteiger partial charge in [0.2, 0.25) is 0 Å². The molecule has 0 aliphatic heterocycles. The molecule has 0 atom stereocenters. The zero-order chi connectivity index (χ0) is 13.0. The minimum atomic E-state index is 0.345. The number of pyridine rings is 1. The van der Waals surface area contributed by atoms with Crippen LogP contribution in [0.1, 0.15) is 17.0 Å². The van der Waals surface area contributed by atoms with Gasteiger partial charge in [-0.25, -0.2) is 4.98 Å². The van der Waals surface area contributed by atoms with Crippen molar-refractivity contribution in [1.29, 1.82) is 0 Å². The predicted octanol–water partition coefficient (Wildman–Crippen LogP) is 2.00. The third-order valence-electron chi connectivity index (χ3n) is 2.52. The first-order valence-electron chi connectivity index (χ1n) is 5.76. The van der Waals surface area contributed by atoms with E-state index in [-0.39, 0.29) is 0 Å². The number of aromatic nitrogens is 3. The Labute approximate surface area is 106 Å². The fraction of sp³-hybridized carbons (Fsp3) is 0.308. The van der Waals surface area contributed by atoms with Gasteiger partial charge in [0.15, 0.2) is 0 Å². The molecule has 0 radical (unpaired) electrons. The highest BCUT2D eigenvalue weighted by molar-refractivity contribution is 5.24. The van der Waals surface area contributed by atoms with Crippen LogP contribution in [-0.2, 0) is 6.54 Å². The van der Waals surface area contributed by atoms with Crippen molar-refractivity contribution in [3.63, 3.8) is 0 Å². The summed E-state index contributed by atoms with van der Waals surface area (Å²) < 4.78 is 5.54. The third-order valence-corrected chi connectivity index (χ3v) is 2.52. The summed E-state index contributed by atoms with van der Waals surface area (Å²) in [7, 11) is 1.89. The molecular formula is C13H16N4O. The second kappa shape index (κ2) is 5.55. The molecule has 1 N–H and O–H groups in total. The van der Waals surface area contributed by atoms with E-state index in [1.807, 2.05) is 33.0 Å². The van der Waals surface area contributed by atoms with E-state index >= 15 is 0 Å². The van der Waals surface area contributed by atoms with Crippen molar-refractivity contribution < 1.29 is 4.74 Å². The summed E-state index contributed by atoms with van der Waals surface area (Å²) in [5.41, 5.74) is 2.92. The average molecular weight is 244 g/mol. The summed E-state index contributed by atoms with van der Waals surface area (Å²) in [6, 6.07) is 4.08. The van der Waals surface area contributed by atoms with Crippen LogP contribution in [0.25, 0.3) is 0 Å². The van der Waals surface area contributed by atoms with Crippen LogP contribution in [0.5, 0.6) is 11.8 Å². The van der Waals surface area contributed by atoms with E-state index in [1.54, 1.807) is 12.4 Å². The second-order valence-electron chi connectivity index (χ2n) is 4.03. The molecule has 2 heterocycles. The highest BCUT2D eigenvalue weighted by atomic mass is 16.5. The Morgan fingerprint density at radius 2 is 2.00 bits per heavy atom. The fourth-order valence-corrected chi connectivity index (χ4v) is 1.50. The minimum absolute atomic E-state index is 0.345. The molecule has 94 valence electrons. The lowest BCUT2D eigenvalue weighted by Gasteiger charge is -2.07. The van der Waals surface area contributed by atoms with E-state index in [2.05, 4.69) is 20.3 Å². The van der Waals surface area contributed by atoms with E-state index < -0.39 is 0 Å².